The smallest absolute Gasteiger partial charge is 0.265 e. The van der Waals surface area contributed by atoms with Gasteiger partial charge in [0.2, 0.25) is 0 Å². The van der Waals surface area contributed by atoms with Gasteiger partial charge in [0.15, 0.2) is 6.17 Å². The van der Waals surface area contributed by atoms with Crippen molar-refractivity contribution in [3.8, 4) is 5.75 Å². The summed E-state index contributed by atoms with van der Waals surface area (Å²) in [5, 5.41) is 11.5. The Morgan fingerprint density at radius 3 is 2.39 bits per heavy atom. The summed E-state index contributed by atoms with van der Waals surface area (Å²) in [5.74, 6) is 0.280. The summed E-state index contributed by atoms with van der Waals surface area (Å²) in [6.45, 7) is 0. The van der Waals surface area contributed by atoms with Crippen LogP contribution in [0.25, 0.3) is 0 Å². The molecule has 0 aromatic heterocycles. The van der Waals surface area contributed by atoms with E-state index >= 15 is 0 Å². The van der Waals surface area contributed by atoms with E-state index in [1.165, 1.54) is 5.56 Å². The number of benzene rings is 3. The van der Waals surface area contributed by atoms with Gasteiger partial charge in [0.25, 0.3) is 5.91 Å². The van der Waals surface area contributed by atoms with Gasteiger partial charge in [0.05, 0.1) is 5.69 Å². The lowest BCUT2D eigenvalue weighted by molar-refractivity contribution is -0.128. The molecule has 3 aromatic rings. The summed E-state index contributed by atoms with van der Waals surface area (Å²) in [4.78, 5) is 15.6. The average Bonchev–Trinajstić information content (AvgIpc) is 3.02. The van der Waals surface area contributed by atoms with Gasteiger partial charge in [-0.1, -0.05) is 48.5 Å². The second-order valence-corrected chi connectivity index (χ2v) is 7.24. The molecule has 3 aromatic carbocycles. The Labute approximate surface area is 163 Å². The maximum atomic E-state index is 13.4. The Kier molecular flexibility index (Phi) is 3.93. The predicted octanol–water partition coefficient (Wildman–Crippen LogP) is 4.08. The van der Waals surface area contributed by atoms with Crippen molar-refractivity contribution >= 4 is 17.3 Å². The number of hydrogen-bond donors (Lipinski definition) is 2. The molecule has 2 N–H and O–H groups in total. The number of carbonyl (C=O) groups excluding carboxylic acids is 1. The molecular weight excluding hydrogens is 350 g/mol. The van der Waals surface area contributed by atoms with Gasteiger partial charge in [-0.15, -0.1) is 0 Å². The van der Waals surface area contributed by atoms with Crippen LogP contribution in [-0.4, -0.2) is 22.1 Å². The first-order valence-corrected chi connectivity index (χ1v) is 9.52. The molecule has 2 heterocycles. The Hall–Kier alpha value is -3.47. The minimum absolute atomic E-state index is 0.0661. The molecule has 5 rings (SSSR count). The first-order valence-electron chi connectivity index (χ1n) is 9.52. The molecule has 2 unspecified atom stereocenters. The zero-order valence-corrected chi connectivity index (χ0v) is 15.3. The summed E-state index contributed by atoms with van der Waals surface area (Å²) in [6.07, 6.45) is 1.39. The third-order valence-electron chi connectivity index (χ3n) is 5.54. The van der Waals surface area contributed by atoms with E-state index < -0.39 is 0 Å². The van der Waals surface area contributed by atoms with E-state index in [0.29, 0.717) is 0 Å². The number of hydrogen-bond acceptors (Lipinski definition) is 4. The molecule has 0 aliphatic carbocycles. The Bertz CT molecular complexity index is 1000. The van der Waals surface area contributed by atoms with Crippen LogP contribution in [0.4, 0.5) is 11.4 Å². The number of nitrogens with one attached hydrogen (secondary N) is 1. The van der Waals surface area contributed by atoms with Gasteiger partial charge in [-0.05, 0) is 54.3 Å². The molecule has 5 nitrogen and oxygen atoms in total. The van der Waals surface area contributed by atoms with E-state index in [9.17, 15) is 9.90 Å². The van der Waals surface area contributed by atoms with Crippen molar-refractivity contribution in [2.75, 3.05) is 10.3 Å². The van der Waals surface area contributed by atoms with Crippen molar-refractivity contribution in [3.63, 3.8) is 0 Å². The Balaban J connectivity index is 1.62. The fraction of sp³-hybridized carbons (Fsp3) is 0.174. The highest BCUT2D eigenvalue weighted by atomic mass is 16.3. The normalized spacial score (nSPS) is 20.6. The van der Waals surface area contributed by atoms with Crippen LogP contribution in [0.5, 0.6) is 5.75 Å². The number of phenolic OH excluding ortho intramolecular Hbond substituents is 1. The fourth-order valence-electron chi connectivity index (χ4n) is 4.25. The number of hydrazine groups is 1. The lowest BCUT2D eigenvalue weighted by atomic mass is 9.96. The van der Waals surface area contributed by atoms with Crippen LogP contribution in [0.15, 0.2) is 78.9 Å². The van der Waals surface area contributed by atoms with Crippen LogP contribution in [0.3, 0.4) is 0 Å². The first kappa shape index (κ1) is 16.7. The third-order valence-corrected chi connectivity index (χ3v) is 5.54. The SMILES string of the molecule is O=C1C2CCc3ccccc3N2C(c2ccc(O)cc2)N1Nc1ccccc1. The number of anilines is 2. The summed E-state index contributed by atoms with van der Waals surface area (Å²) in [6, 6.07) is 24.9. The highest BCUT2D eigenvalue weighted by Crippen LogP contribution is 2.44. The van der Waals surface area contributed by atoms with Crippen molar-refractivity contribution in [1.82, 2.24) is 5.01 Å². The van der Waals surface area contributed by atoms with Crippen LogP contribution in [0.1, 0.15) is 23.7 Å². The van der Waals surface area contributed by atoms with Crippen molar-refractivity contribution < 1.29 is 9.90 Å². The Morgan fingerprint density at radius 2 is 1.61 bits per heavy atom. The van der Waals surface area contributed by atoms with Crippen LogP contribution < -0.4 is 10.3 Å². The van der Waals surface area contributed by atoms with Gasteiger partial charge in [-0.2, -0.15) is 0 Å². The fourth-order valence-corrected chi connectivity index (χ4v) is 4.25. The highest BCUT2D eigenvalue weighted by Gasteiger charge is 2.49. The van der Waals surface area contributed by atoms with Crippen molar-refractivity contribution in [2.24, 2.45) is 0 Å². The highest BCUT2D eigenvalue weighted by molar-refractivity contribution is 5.92. The molecule has 1 amide bonds. The van der Waals surface area contributed by atoms with Crippen LogP contribution in [0.2, 0.25) is 0 Å². The molecule has 0 saturated carbocycles. The van der Waals surface area contributed by atoms with E-state index in [1.807, 2.05) is 54.6 Å². The van der Waals surface area contributed by atoms with E-state index in [-0.39, 0.29) is 23.9 Å². The molecule has 5 heteroatoms. The second kappa shape index (κ2) is 6.60. The zero-order valence-electron chi connectivity index (χ0n) is 15.3. The number of aromatic hydroxyl groups is 1. The maximum absolute atomic E-state index is 13.4. The lowest BCUT2D eigenvalue weighted by Gasteiger charge is -2.37. The van der Waals surface area contributed by atoms with Crippen molar-refractivity contribution in [1.29, 1.82) is 0 Å². The van der Waals surface area contributed by atoms with Gasteiger partial charge in [-0.25, -0.2) is 5.01 Å². The molecular formula is C23H21N3O2. The topological polar surface area (TPSA) is 55.8 Å². The molecule has 2 aliphatic rings. The molecule has 0 bridgehead atoms. The van der Waals surface area contributed by atoms with Crippen molar-refractivity contribution in [3.05, 3.63) is 90.0 Å². The predicted molar refractivity (Wildman–Crippen MR) is 109 cm³/mol. The van der Waals surface area contributed by atoms with Gasteiger partial charge in [0.1, 0.15) is 11.8 Å². The van der Waals surface area contributed by atoms with E-state index in [2.05, 4.69) is 22.5 Å². The van der Waals surface area contributed by atoms with E-state index in [4.69, 9.17) is 0 Å². The van der Waals surface area contributed by atoms with Gasteiger partial charge in [-0.3, -0.25) is 10.2 Å². The number of phenols is 1. The number of carbonyl (C=O) groups is 1. The van der Waals surface area contributed by atoms with Gasteiger partial charge < -0.3 is 10.0 Å². The summed E-state index contributed by atoms with van der Waals surface area (Å²) in [7, 11) is 0. The standard InChI is InChI=1S/C23H21N3O2/c27-19-13-10-17(11-14-19)22-25-20-9-5-4-6-16(20)12-15-21(25)23(28)26(22)24-18-7-2-1-3-8-18/h1-11,13-14,21-22,24,27H,12,15H2. The molecule has 2 atom stereocenters. The molecule has 28 heavy (non-hydrogen) atoms. The van der Waals surface area contributed by atoms with E-state index in [0.717, 1.165) is 29.8 Å². The number of para-hydroxylation sites is 2. The maximum Gasteiger partial charge on any atom is 0.265 e. The molecule has 1 saturated heterocycles. The lowest BCUT2D eigenvalue weighted by Crippen LogP contribution is -2.38. The van der Waals surface area contributed by atoms with Gasteiger partial charge >= 0.3 is 0 Å². The average molecular weight is 371 g/mol. The second-order valence-electron chi connectivity index (χ2n) is 7.24. The molecule has 140 valence electrons. The van der Waals surface area contributed by atoms with Gasteiger partial charge in [0, 0.05) is 5.69 Å². The van der Waals surface area contributed by atoms with Crippen molar-refractivity contribution in [2.45, 2.75) is 25.0 Å². The minimum Gasteiger partial charge on any atom is -0.508 e. The molecule has 1 fully saturated rings. The molecule has 0 radical (unpaired) electrons. The summed E-state index contributed by atoms with van der Waals surface area (Å²) < 4.78 is 0. The number of fused-ring (bicyclic) bond motifs is 3. The largest absolute Gasteiger partial charge is 0.508 e. The molecule has 2 aliphatic heterocycles. The summed E-state index contributed by atoms with van der Waals surface area (Å²) >= 11 is 0. The minimum atomic E-state index is -0.292. The first-order chi connectivity index (χ1) is 13.7. The number of rotatable bonds is 3. The molecule has 0 spiro atoms. The van der Waals surface area contributed by atoms with E-state index in [1.54, 1.807) is 17.1 Å². The summed E-state index contributed by atoms with van der Waals surface area (Å²) in [5.41, 5.74) is 7.50. The quantitative estimate of drug-likeness (QED) is 0.728. The van der Waals surface area contributed by atoms with Crippen LogP contribution >= 0.6 is 0 Å². The number of nitrogens with zero attached hydrogens (tertiary/aromatic N) is 2. The number of aryl methyl sites for hydroxylation is 1. The third kappa shape index (κ3) is 2.67. The Morgan fingerprint density at radius 1 is 0.893 bits per heavy atom. The number of amides is 1. The monoisotopic (exact) mass is 371 g/mol. The van der Waals surface area contributed by atoms with Crippen LogP contribution in [0, 0.1) is 0 Å². The van der Waals surface area contributed by atoms with Crippen LogP contribution in [-0.2, 0) is 11.2 Å². The zero-order chi connectivity index (χ0) is 19.1.